The first-order valence-electron chi connectivity index (χ1n) is 11.0. The Balaban J connectivity index is 1.21. The van der Waals surface area contributed by atoms with Crippen molar-refractivity contribution < 1.29 is 19.4 Å². The lowest BCUT2D eigenvalue weighted by Crippen LogP contribution is -2.46. The summed E-state index contributed by atoms with van der Waals surface area (Å²) < 4.78 is 6.43. The molecule has 1 spiro atoms. The number of esters is 1. The molecular weight excluding hydrogens is 428 g/mol. The van der Waals surface area contributed by atoms with Crippen molar-refractivity contribution in [3.8, 4) is 5.82 Å². The van der Waals surface area contributed by atoms with Gasteiger partial charge in [-0.25, -0.2) is 4.79 Å². The third kappa shape index (κ3) is 3.89. The van der Waals surface area contributed by atoms with Gasteiger partial charge in [-0.1, -0.05) is 0 Å². The van der Waals surface area contributed by atoms with Gasteiger partial charge in [-0.2, -0.15) is 9.78 Å². The molecule has 0 aromatic carbocycles. The van der Waals surface area contributed by atoms with Crippen LogP contribution in [0.2, 0.25) is 0 Å². The van der Waals surface area contributed by atoms with Crippen LogP contribution in [0.3, 0.4) is 0 Å². The summed E-state index contributed by atoms with van der Waals surface area (Å²) in [5.74, 6) is 0.140. The molecule has 33 heavy (non-hydrogen) atoms. The minimum Gasteiger partial charge on any atom is -0.456 e. The van der Waals surface area contributed by atoms with Crippen molar-refractivity contribution >= 4 is 11.9 Å². The Bertz CT molecular complexity index is 1070. The monoisotopic (exact) mass is 454 g/mol. The summed E-state index contributed by atoms with van der Waals surface area (Å²) in [6.07, 6.45) is 4.17. The van der Waals surface area contributed by atoms with E-state index in [1.807, 2.05) is 13.8 Å². The van der Waals surface area contributed by atoms with Gasteiger partial charge in [0.25, 0.3) is 0 Å². The molecule has 2 aromatic rings. The van der Waals surface area contributed by atoms with Crippen molar-refractivity contribution in [3.63, 3.8) is 0 Å². The van der Waals surface area contributed by atoms with Crippen LogP contribution in [-0.4, -0.2) is 89.0 Å². The number of rotatable bonds is 5. The number of likely N-dealkylation sites (tertiary alicyclic amines) is 2. The summed E-state index contributed by atoms with van der Waals surface area (Å²) in [7, 11) is 0. The number of piperidine rings is 1. The molecular formula is C21H26N8O4. The van der Waals surface area contributed by atoms with Crippen LogP contribution in [-0.2, 0) is 14.3 Å². The van der Waals surface area contributed by atoms with Gasteiger partial charge in [-0.05, 0) is 68.8 Å². The van der Waals surface area contributed by atoms with Gasteiger partial charge in [0.1, 0.15) is 19.0 Å². The Hall–Kier alpha value is -3.25. The van der Waals surface area contributed by atoms with E-state index in [0.717, 1.165) is 6.42 Å². The third-order valence-corrected chi connectivity index (χ3v) is 6.81. The topological polar surface area (TPSA) is 139 Å². The minimum absolute atomic E-state index is 0.0707. The summed E-state index contributed by atoms with van der Waals surface area (Å²) >= 11 is 0. The quantitative estimate of drug-likeness (QED) is 0.615. The normalized spacial score (nSPS) is 23.1. The molecule has 2 aromatic heterocycles. The summed E-state index contributed by atoms with van der Waals surface area (Å²) in [5, 5.41) is 29.8. The fraction of sp³-hybridized carbons (Fsp3) is 0.571. The Morgan fingerprint density at radius 1 is 1.18 bits per heavy atom. The van der Waals surface area contributed by atoms with Crippen molar-refractivity contribution in [2.75, 3.05) is 26.2 Å². The predicted molar refractivity (Wildman–Crippen MR) is 112 cm³/mol. The highest BCUT2D eigenvalue weighted by atomic mass is 16.5. The first kappa shape index (κ1) is 21.6. The molecule has 12 nitrogen and oxygen atoms in total. The number of cyclic esters (lactones) is 1. The molecule has 2 saturated heterocycles. The molecule has 2 fully saturated rings. The van der Waals surface area contributed by atoms with Gasteiger partial charge in [0, 0.05) is 18.2 Å². The van der Waals surface area contributed by atoms with E-state index in [1.54, 1.807) is 17.0 Å². The van der Waals surface area contributed by atoms with Gasteiger partial charge in [0.05, 0.1) is 16.8 Å². The molecule has 1 atom stereocenters. The van der Waals surface area contributed by atoms with Crippen LogP contribution in [0.1, 0.15) is 44.9 Å². The lowest BCUT2D eigenvalue weighted by molar-refractivity contribution is -0.139. The van der Waals surface area contributed by atoms with Crippen LogP contribution in [0, 0.1) is 5.41 Å². The lowest BCUT2D eigenvalue weighted by Gasteiger charge is -2.38. The van der Waals surface area contributed by atoms with Gasteiger partial charge in [-0.3, -0.25) is 4.79 Å². The number of carbonyl (C=O) groups is 2. The first-order chi connectivity index (χ1) is 15.8. The molecule has 0 saturated carbocycles. The average molecular weight is 454 g/mol. The molecule has 0 radical (unpaired) electrons. The molecule has 1 amide bonds. The van der Waals surface area contributed by atoms with Crippen LogP contribution >= 0.6 is 0 Å². The van der Waals surface area contributed by atoms with Gasteiger partial charge in [-0.15, -0.1) is 10.2 Å². The van der Waals surface area contributed by atoms with E-state index in [-0.39, 0.29) is 18.1 Å². The summed E-state index contributed by atoms with van der Waals surface area (Å²) in [4.78, 5) is 29.0. The van der Waals surface area contributed by atoms with Gasteiger partial charge >= 0.3 is 5.97 Å². The fourth-order valence-corrected chi connectivity index (χ4v) is 5.30. The average Bonchev–Trinajstić information content (AvgIpc) is 3.50. The molecule has 5 heterocycles. The van der Waals surface area contributed by atoms with Gasteiger partial charge in [0.2, 0.25) is 5.91 Å². The van der Waals surface area contributed by atoms with Crippen molar-refractivity contribution in [1.82, 2.24) is 40.2 Å². The van der Waals surface area contributed by atoms with Gasteiger partial charge < -0.3 is 19.6 Å². The van der Waals surface area contributed by atoms with E-state index in [0.29, 0.717) is 49.7 Å². The molecule has 5 rings (SSSR count). The smallest absolute Gasteiger partial charge is 0.333 e. The van der Waals surface area contributed by atoms with Crippen LogP contribution in [0.25, 0.3) is 5.82 Å². The first-order valence-corrected chi connectivity index (χ1v) is 11.0. The summed E-state index contributed by atoms with van der Waals surface area (Å²) in [5.41, 5.74) is 0.280. The third-order valence-electron chi connectivity index (χ3n) is 6.81. The number of aliphatic hydroxyl groups is 1. The number of hydrogen-bond acceptors (Lipinski definition) is 10. The second kappa shape index (κ2) is 7.96. The van der Waals surface area contributed by atoms with Crippen LogP contribution < -0.4 is 0 Å². The Kier molecular flexibility index (Phi) is 5.20. The Morgan fingerprint density at radius 3 is 2.58 bits per heavy atom. The maximum absolute atomic E-state index is 13.5. The van der Waals surface area contributed by atoms with Crippen molar-refractivity contribution in [3.05, 3.63) is 35.9 Å². The summed E-state index contributed by atoms with van der Waals surface area (Å²) in [6.45, 7) is 6.02. The molecule has 0 unspecified atom stereocenters. The van der Waals surface area contributed by atoms with Gasteiger partial charge in [0.15, 0.2) is 5.82 Å². The molecule has 1 N–H and O–H groups in total. The number of carbonyl (C=O) groups excluding carboxylic acids is 2. The second-order valence-electron chi connectivity index (χ2n) is 9.54. The van der Waals surface area contributed by atoms with Crippen molar-refractivity contribution in [2.24, 2.45) is 5.41 Å². The molecule has 0 bridgehead atoms. The number of hydrogen-bond donors (Lipinski definition) is 1. The van der Waals surface area contributed by atoms with E-state index in [9.17, 15) is 14.7 Å². The van der Waals surface area contributed by atoms with Crippen molar-refractivity contribution in [2.45, 2.75) is 44.8 Å². The standard InChI is InChI=1S/C21H26N8O4/c1-20(2)12-21(19(32)29(20)14-9-18(31)33-11-14)5-7-27(8-6-21)10-16(30)15-3-4-17(24-23-15)28-13-22-25-26-28/h3-4,9,13,16,30H,5-8,10-12H2,1-2H3/t16-/m1/s1. The predicted octanol–water partition coefficient (Wildman–Crippen LogP) is 0.0195. The number of nitrogens with zero attached hydrogens (tertiary/aromatic N) is 8. The van der Waals surface area contributed by atoms with Crippen LogP contribution in [0.5, 0.6) is 0 Å². The zero-order valence-corrected chi connectivity index (χ0v) is 18.6. The maximum atomic E-state index is 13.5. The van der Waals surface area contributed by atoms with E-state index < -0.39 is 17.5 Å². The van der Waals surface area contributed by atoms with E-state index in [1.165, 1.54) is 17.1 Å². The molecule has 0 aliphatic carbocycles. The Labute approximate surface area is 190 Å². The number of tetrazole rings is 1. The fourth-order valence-electron chi connectivity index (χ4n) is 5.30. The highest BCUT2D eigenvalue weighted by molar-refractivity contribution is 5.91. The zero-order valence-electron chi connectivity index (χ0n) is 18.6. The molecule has 3 aliphatic rings. The number of amides is 1. The van der Waals surface area contributed by atoms with Crippen molar-refractivity contribution in [1.29, 1.82) is 0 Å². The SMILES string of the molecule is CC1(C)CC2(CCN(C[C@@H](O)c3ccc(-n4cnnn4)nn3)CC2)C(=O)N1C1=CC(=O)OC1. The zero-order chi connectivity index (χ0) is 23.2. The molecule has 12 heteroatoms. The van der Waals surface area contributed by atoms with E-state index in [2.05, 4.69) is 30.6 Å². The van der Waals surface area contributed by atoms with Crippen LogP contribution in [0.15, 0.2) is 30.2 Å². The molecule has 3 aliphatic heterocycles. The largest absolute Gasteiger partial charge is 0.456 e. The molecule has 174 valence electrons. The number of aliphatic hydroxyl groups excluding tert-OH is 1. The van der Waals surface area contributed by atoms with Crippen LogP contribution in [0.4, 0.5) is 0 Å². The minimum atomic E-state index is -0.798. The number of β-amino-alcohol motifs (C(OH)–C–C–N with tert-alkyl or cyclic N) is 1. The highest BCUT2D eigenvalue weighted by Crippen LogP contribution is 2.50. The van der Waals surface area contributed by atoms with E-state index in [4.69, 9.17) is 4.74 Å². The summed E-state index contributed by atoms with van der Waals surface area (Å²) in [6, 6.07) is 3.41. The Morgan fingerprint density at radius 2 is 1.97 bits per heavy atom. The number of aromatic nitrogens is 6. The lowest BCUT2D eigenvalue weighted by atomic mass is 9.74. The number of ether oxygens (including phenoxy) is 1. The maximum Gasteiger partial charge on any atom is 0.333 e. The highest BCUT2D eigenvalue weighted by Gasteiger charge is 2.57. The van der Waals surface area contributed by atoms with E-state index >= 15 is 0 Å². The second-order valence-corrected chi connectivity index (χ2v) is 9.54.